The van der Waals surface area contributed by atoms with Crippen molar-refractivity contribution in [1.29, 1.82) is 0 Å². The van der Waals surface area contributed by atoms with E-state index in [1.54, 1.807) is 13.8 Å². The maximum absolute atomic E-state index is 12.3. The lowest BCUT2D eigenvalue weighted by atomic mass is 10.0. The molecule has 0 atom stereocenters. The molecule has 0 spiro atoms. The highest BCUT2D eigenvalue weighted by Crippen LogP contribution is 2.28. The van der Waals surface area contributed by atoms with E-state index in [1.807, 2.05) is 19.2 Å². The van der Waals surface area contributed by atoms with Crippen LogP contribution < -0.4 is 10.9 Å². The summed E-state index contributed by atoms with van der Waals surface area (Å²) in [4.78, 5) is 35.7. The van der Waals surface area contributed by atoms with Gasteiger partial charge in [0.15, 0.2) is 5.13 Å². The Morgan fingerprint density at radius 2 is 1.96 bits per heavy atom. The summed E-state index contributed by atoms with van der Waals surface area (Å²) in [6.07, 6.45) is 0.544. The van der Waals surface area contributed by atoms with Crippen LogP contribution in [0, 0.1) is 27.7 Å². The molecule has 0 aliphatic rings. The van der Waals surface area contributed by atoms with Gasteiger partial charge in [0, 0.05) is 28.6 Å². The molecule has 140 valence electrons. The summed E-state index contributed by atoms with van der Waals surface area (Å²) in [5, 5.41) is 5.32. The summed E-state index contributed by atoms with van der Waals surface area (Å²) in [5.74, 6) is 0.406. The van der Waals surface area contributed by atoms with Crippen molar-refractivity contribution in [3.8, 4) is 11.3 Å². The van der Waals surface area contributed by atoms with Gasteiger partial charge in [-0.2, -0.15) is 0 Å². The largest absolute Gasteiger partial charge is 0.311 e. The number of hydrogen-bond acceptors (Lipinski definition) is 5. The highest BCUT2D eigenvalue weighted by atomic mass is 32.1. The van der Waals surface area contributed by atoms with Crippen LogP contribution in [0.25, 0.3) is 11.3 Å². The molecule has 3 aromatic rings. The third kappa shape index (κ3) is 4.49. The molecule has 3 rings (SSSR count). The van der Waals surface area contributed by atoms with Crippen molar-refractivity contribution in [3.63, 3.8) is 0 Å². The van der Waals surface area contributed by atoms with Crippen LogP contribution in [0.2, 0.25) is 0 Å². The number of benzene rings is 1. The molecular formula is C20H22N4O2S. The number of nitrogens with zero attached hydrogens (tertiary/aromatic N) is 2. The number of rotatable bonds is 5. The van der Waals surface area contributed by atoms with Gasteiger partial charge in [-0.05, 0) is 45.7 Å². The summed E-state index contributed by atoms with van der Waals surface area (Å²) in [6.45, 7) is 7.61. The maximum atomic E-state index is 12.3. The van der Waals surface area contributed by atoms with Crippen LogP contribution in [0.5, 0.6) is 0 Å². The van der Waals surface area contributed by atoms with E-state index in [9.17, 15) is 9.59 Å². The zero-order chi connectivity index (χ0) is 19.6. The summed E-state index contributed by atoms with van der Waals surface area (Å²) in [7, 11) is 0. The number of carbonyl (C=O) groups is 1. The van der Waals surface area contributed by atoms with Crippen molar-refractivity contribution in [2.45, 2.75) is 40.5 Å². The van der Waals surface area contributed by atoms with E-state index in [1.165, 1.54) is 16.9 Å². The van der Waals surface area contributed by atoms with Crippen LogP contribution in [0.4, 0.5) is 5.13 Å². The normalized spacial score (nSPS) is 10.8. The Kier molecular flexibility index (Phi) is 5.51. The van der Waals surface area contributed by atoms with E-state index in [4.69, 9.17) is 0 Å². The van der Waals surface area contributed by atoms with E-state index >= 15 is 0 Å². The van der Waals surface area contributed by atoms with Crippen molar-refractivity contribution in [3.05, 3.63) is 62.1 Å². The molecule has 0 saturated carbocycles. The van der Waals surface area contributed by atoms with Gasteiger partial charge in [0.25, 0.3) is 5.56 Å². The monoisotopic (exact) mass is 382 g/mol. The van der Waals surface area contributed by atoms with Gasteiger partial charge in [-0.15, -0.1) is 11.3 Å². The van der Waals surface area contributed by atoms with E-state index < -0.39 is 0 Å². The zero-order valence-corrected chi connectivity index (χ0v) is 16.7. The van der Waals surface area contributed by atoms with Crippen molar-refractivity contribution >= 4 is 22.4 Å². The number of carbonyl (C=O) groups excluding carboxylic acids is 1. The summed E-state index contributed by atoms with van der Waals surface area (Å²) < 4.78 is 0. The molecule has 0 saturated heterocycles. The molecule has 2 N–H and O–H groups in total. The van der Waals surface area contributed by atoms with Gasteiger partial charge in [-0.1, -0.05) is 17.7 Å². The Morgan fingerprint density at radius 1 is 1.19 bits per heavy atom. The third-order valence-electron chi connectivity index (χ3n) is 4.36. The molecule has 2 aromatic heterocycles. The first-order valence-electron chi connectivity index (χ1n) is 8.73. The number of anilines is 1. The standard InChI is InChI=1S/C20H22N4O2S/c1-11-5-6-12(2)16(9-11)17-10-27-20(23-17)24-18(25)8-7-15-13(3)21-14(4)22-19(15)26/h5-6,9-10H,7-8H2,1-4H3,(H,21,22,26)(H,23,24,25). The van der Waals surface area contributed by atoms with Crippen molar-refractivity contribution in [2.24, 2.45) is 0 Å². The SMILES string of the molecule is Cc1ccc(C)c(-c2csc(NC(=O)CCc3c(C)nc(C)[nH]c3=O)n2)c1. The Morgan fingerprint density at radius 3 is 2.70 bits per heavy atom. The first-order valence-corrected chi connectivity index (χ1v) is 9.61. The Balaban J connectivity index is 1.67. The smallest absolute Gasteiger partial charge is 0.254 e. The molecule has 0 radical (unpaired) electrons. The van der Waals surface area contributed by atoms with E-state index in [-0.39, 0.29) is 17.9 Å². The van der Waals surface area contributed by atoms with E-state index in [2.05, 4.69) is 38.5 Å². The molecular weight excluding hydrogens is 360 g/mol. The van der Waals surface area contributed by atoms with Crippen molar-refractivity contribution in [2.75, 3.05) is 5.32 Å². The average molecular weight is 382 g/mol. The van der Waals surface area contributed by atoms with Crippen molar-refractivity contribution in [1.82, 2.24) is 15.0 Å². The van der Waals surface area contributed by atoms with Crippen LogP contribution in [-0.2, 0) is 11.2 Å². The number of aromatic amines is 1. The fourth-order valence-corrected chi connectivity index (χ4v) is 3.66. The molecule has 1 aromatic carbocycles. The molecule has 27 heavy (non-hydrogen) atoms. The minimum absolute atomic E-state index is 0.170. The lowest BCUT2D eigenvalue weighted by Crippen LogP contribution is -2.20. The van der Waals surface area contributed by atoms with E-state index in [0.29, 0.717) is 28.6 Å². The number of aromatic nitrogens is 3. The second-order valence-electron chi connectivity index (χ2n) is 6.62. The number of amides is 1. The van der Waals surface area contributed by atoms with Crippen LogP contribution in [0.3, 0.4) is 0 Å². The van der Waals surface area contributed by atoms with Gasteiger partial charge < -0.3 is 10.3 Å². The van der Waals surface area contributed by atoms with Crippen LogP contribution in [0.1, 0.15) is 34.6 Å². The molecule has 7 heteroatoms. The number of thiazole rings is 1. The molecule has 0 fully saturated rings. The second-order valence-corrected chi connectivity index (χ2v) is 7.48. The van der Waals surface area contributed by atoms with Crippen LogP contribution >= 0.6 is 11.3 Å². The highest BCUT2D eigenvalue weighted by Gasteiger charge is 2.12. The predicted molar refractivity (Wildman–Crippen MR) is 108 cm³/mol. The Hall–Kier alpha value is -2.80. The number of nitrogens with one attached hydrogen (secondary N) is 2. The molecule has 0 aliphatic heterocycles. The second kappa shape index (κ2) is 7.84. The predicted octanol–water partition coefficient (Wildman–Crippen LogP) is 3.70. The first-order chi connectivity index (χ1) is 12.8. The summed E-state index contributed by atoms with van der Waals surface area (Å²) in [6, 6.07) is 6.23. The molecule has 0 bridgehead atoms. The fourth-order valence-electron chi connectivity index (χ4n) is 2.93. The number of hydrogen-bond donors (Lipinski definition) is 2. The molecule has 0 unspecified atom stereocenters. The van der Waals surface area contributed by atoms with Gasteiger partial charge in [0.2, 0.25) is 5.91 Å². The minimum atomic E-state index is -0.181. The molecule has 6 nitrogen and oxygen atoms in total. The summed E-state index contributed by atoms with van der Waals surface area (Å²) >= 11 is 1.39. The molecule has 1 amide bonds. The quantitative estimate of drug-likeness (QED) is 0.704. The molecule has 2 heterocycles. The average Bonchev–Trinajstić information content (AvgIpc) is 3.04. The van der Waals surface area contributed by atoms with Gasteiger partial charge in [-0.3, -0.25) is 9.59 Å². The third-order valence-corrected chi connectivity index (χ3v) is 5.12. The topological polar surface area (TPSA) is 87.7 Å². The molecule has 0 aliphatic carbocycles. The zero-order valence-electron chi connectivity index (χ0n) is 15.8. The van der Waals surface area contributed by atoms with E-state index in [0.717, 1.165) is 16.8 Å². The minimum Gasteiger partial charge on any atom is -0.311 e. The van der Waals surface area contributed by atoms with Crippen LogP contribution in [-0.4, -0.2) is 20.9 Å². The van der Waals surface area contributed by atoms with Gasteiger partial charge >= 0.3 is 0 Å². The summed E-state index contributed by atoms with van der Waals surface area (Å²) in [5.41, 5.74) is 5.26. The van der Waals surface area contributed by atoms with Gasteiger partial charge in [-0.25, -0.2) is 9.97 Å². The lowest BCUT2D eigenvalue weighted by molar-refractivity contribution is -0.116. The van der Waals surface area contributed by atoms with Gasteiger partial charge in [0.1, 0.15) is 5.82 Å². The Labute approximate surface area is 161 Å². The van der Waals surface area contributed by atoms with Gasteiger partial charge in [0.05, 0.1) is 5.69 Å². The van der Waals surface area contributed by atoms with Crippen molar-refractivity contribution < 1.29 is 4.79 Å². The first kappa shape index (κ1) is 19.0. The fraction of sp³-hybridized carbons (Fsp3) is 0.300. The number of aryl methyl sites for hydroxylation is 4. The Bertz CT molecular complexity index is 1050. The highest BCUT2D eigenvalue weighted by molar-refractivity contribution is 7.14. The van der Waals surface area contributed by atoms with Crippen LogP contribution in [0.15, 0.2) is 28.4 Å². The lowest BCUT2D eigenvalue weighted by Gasteiger charge is -2.05. The maximum Gasteiger partial charge on any atom is 0.254 e. The number of H-pyrrole nitrogens is 1.